The Morgan fingerprint density at radius 2 is 1.65 bits per heavy atom. The summed E-state index contributed by atoms with van der Waals surface area (Å²) in [7, 11) is 2.13. The van der Waals surface area contributed by atoms with Gasteiger partial charge < -0.3 is 15.0 Å². The molecule has 0 bridgehead atoms. The fourth-order valence-electron chi connectivity index (χ4n) is 3.93. The second-order valence-electron chi connectivity index (χ2n) is 8.47. The van der Waals surface area contributed by atoms with Gasteiger partial charge in [-0.15, -0.1) is 11.8 Å². The summed E-state index contributed by atoms with van der Waals surface area (Å²) in [4.78, 5) is 18.4. The number of nitrogens with zero attached hydrogens (tertiary/aromatic N) is 2. The monoisotopic (exact) mass is 479 g/mol. The molecule has 3 aromatic rings. The van der Waals surface area contributed by atoms with E-state index < -0.39 is 0 Å². The van der Waals surface area contributed by atoms with Gasteiger partial charge in [0.15, 0.2) is 6.61 Å². The van der Waals surface area contributed by atoms with E-state index in [1.54, 1.807) is 23.9 Å². The number of hydrogen-bond acceptors (Lipinski definition) is 5. The van der Waals surface area contributed by atoms with Crippen LogP contribution < -0.4 is 10.1 Å². The zero-order valence-electron chi connectivity index (χ0n) is 19.6. The molecule has 1 amide bonds. The summed E-state index contributed by atoms with van der Waals surface area (Å²) >= 11 is 1.66. The Balaban J connectivity index is 1.47. The van der Waals surface area contributed by atoms with Gasteiger partial charge >= 0.3 is 0 Å². The van der Waals surface area contributed by atoms with Crippen molar-refractivity contribution in [1.82, 2.24) is 9.80 Å². The van der Waals surface area contributed by atoms with Gasteiger partial charge in [-0.25, -0.2) is 4.39 Å². The molecule has 0 aromatic heterocycles. The number of rotatable bonds is 8. The van der Waals surface area contributed by atoms with E-state index in [1.165, 1.54) is 12.1 Å². The van der Waals surface area contributed by atoms with Gasteiger partial charge in [0, 0.05) is 48.9 Å². The fourth-order valence-corrected chi connectivity index (χ4v) is 4.34. The van der Waals surface area contributed by atoms with E-state index >= 15 is 0 Å². The second kappa shape index (κ2) is 11.5. The number of hydrogen-bond donors (Lipinski definition) is 1. The van der Waals surface area contributed by atoms with Crippen LogP contribution in [0.2, 0.25) is 0 Å². The first kappa shape index (κ1) is 24.3. The quantitative estimate of drug-likeness (QED) is 0.462. The molecule has 1 aliphatic heterocycles. The van der Waals surface area contributed by atoms with Crippen molar-refractivity contribution in [2.24, 2.45) is 0 Å². The summed E-state index contributed by atoms with van der Waals surface area (Å²) in [5.41, 5.74) is 3.70. The van der Waals surface area contributed by atoms with Crippen molar-refractivity contribution < 1.29 is 13.9 Å². The Morgan fingerprint density at radius 1 is 0.971 bits per heavy atom. The van der Waals surface area contributed by atoms with Crippen molar-refractivity contribution >= 4 is 23.4 Å². The number of anilines is 1. The van der Waals surface area contributed by atoms with Crippen LogP contribution >= 0.6 is 11.8 Å². The van der Waals surface area contributed by atoms with Gasteiger partial charge in [0.25, 0.3) is 5.91 Å². The highest BCUT2D eigenvalue weighted by Gasteiger charge is 2.17. The number of benzene rings is 3. The van der Waals surface area contributed by atoms with Gasteiger partial charge in [0.05, 0.1) is 0 Å². The molecule has 1 heterocycles. The zero-order valence-corrected chi connectivity index (χ0v) is 20.4. The summed E-state index contributed by atoms with van der Waals surface area (Å²) in [6.07, 6.45) is 2.02. The van der Waals surface area contributed by atoms with Gasteiger partial charge in [0.2, 0.25) is 0 Å². The molecule has 0 spiro atoms. The third-order valence-electron chi connectivity index (χ3n) is 5.96. The highest BCUT2D eigenvalue weighted by atomic mass is 32.2. The molecule has 0 unspecified atom stereocenters. The number of piperazine rings is 1. The zero-order chi connectivity index (χ0) is 23.9. The van der Waals surface area contributed by atoms with Gasteiger partial charge in [-0.05, 0) is 73.0 Å². The minimum atomic E-state index is -0.254. The van der Waals surface area contributed by atoms with Crippen LogP contribution in [0.3, 0.4) is 0 Å². The molecule has 4 rings (SSSR count). The summed E-state index contributed by atoms with van der Waals surface area (Å²) in [5.74, 6) is 0.234. The minimum absolute atomic E-state index is 0.0735. The number of thioether (sulfide) groups is 1. The molecule has 34 heavy (non-hydrogen) atoms. The van der Waals surface area contributed by atoms with E-state index in [0.717, 1.165) is 60.0 Å². The third-order valence-corrected chi connectivity index (χ3v) is 6.70. The Bertz CT molecular complexity index is 1100. The smallest absolute Gasteiger partial charge is 0.262 e. The molecule has 1 fully saturated rings. The van der Waals surface area contributed by atoms with Crippen molar-refractivity contribution in [3.05, 3.63) is 78.1 Å². The van der Waals surface area contributed by atoms with Crippen LogP contribution in [0, 0.1) is 5.82 Å². The van der Waals surface area contributed by atoms with Crippen LogP contribution in [0.5, 0.6) is 5.75 Å². The molecule has 7 heteroatoms. The molecule has 0 atom stereocenters. The van der Waals surface area contributed by atoms with Gasteiger partial charge in [-0.3, -0.25) is 9.69 Å². The molecule has 0 aliphatic carbocycles. The second-order valence-corrected chi connectivity index (χ2v) is 9.35. The Hall–Kier alpha value is -2.87. The topological polar surface area (TPSA) is 44.8 Å². The summed E-state index contributed by atoms with van der Waals surface area (Å²) in [5, 5.41) is 2.89. The molecule has 0 saturated carbocycles. The predicted octanol–water partition coefficient (Wildman–Crippen LogP) is 4.98. The van der Waals surface area contributed by atoms with Gasteiger partial charge in [-0.2, -0.15) is 0 Å². The van der Waals surface area contributed by atoms with Crippen LogP contribution in [0.4, 0.5) is 10.1 Å². The number of ether oxygens (including phenoxy) is 1. The predicted molar refractivity (Wildman–Crippen MR) is 137 cm³/mol. The third kappa shape index (κ3) is 6.59. The van der Waals surface area contributed by atoms with E-state index in [4.69, 9.17) is 4.74 Å². The normalized spacial score (nSPS) is 14.7. The van der Waals surface area contributed by atoms with Crippen LogP contribution in [-0.2, 0) is 11.3 Å². The summed E-state index contributed by atoms with van der Waals surface area (Å²) in [6.45, 7) is 4.65. The van der Waals surface area contributed by atoms with Crippen LogP contribution in [-0.4, -0.2) is 61.8 Å². The number of amides is 1. The maximum atomic E-state index is 13.4. The van der Waals surface area contributed by atoms with E-state index in [2.05, 4.69) is 28.2 Å². The maximum Gasteiger partial charge on any atom is 0.262 e. The van der Waals surface area contributed by atoms with Crippen molar-refractivity contribution in [2.75, 3.05) is 51.4 Å². The van der Waals surface area contributed by atoms with E-state index in [1.807, 2.05) is 42.7 Å². The van der Waals surface area contributed by atoms with Gasteiger partial charge in [-0.1, -0.05) is 18.2 Å². The lowest BCUT2D eigenvalue weighted by Gasteiger charge is -2.32. The maximum absolute atomic E-state index is 13.4. The summed E-state index contributed by atoms with van der Waals surface area (Å²) in [6, 6.07) is 20.2. The van der Waals surface area contributed by atoms with Crippen LogP contribution in [0.25, 0.3) is 11.1 Å². The molecule has 0 radical (unpaired) electrons. The Kier molecular flexibility index (Phi) is 8.21. The highest BCUT2D eigenvalue weighted by molar-refractivity contribution is 7.98. The summed E-state index contributed by atoms with van der Waals surface area (Å²) < 4.78 is 19.4. The molecule has 3 aromatic carbocycles. The lowest BCUT2D eigenvalue weighted by Crippen LogP contribution is -2.43. The molecule has 178 valence electrons. The standard InChI is InChI=1S/C27H30FN3O2S/c1-30-13-15-31(16-14-30)18-22-17-21(20-3-6-23(28)7-4-20)5-12-26(22)33-19-27(32)29-24-8-10-25(34-2)11-9-24/h3-12,17H,13-16,18-19H2,1-2H3,(H,29,32). The first-order valence-corrected chi connectivity index (χ1v) is 12.6. The first-order valence-electron chi connectivity index (χ1n) is 11.4. The van der Waals surface area contributed by atoms with Gasteiger partial charge in [0.1, 0.15) is 11.6 Å². The highest BCUT2D eigenvalue weighted by Crippen LogP contribution is 2.28. The lowest BCUT2D eigenvalue weighted by molar-refractivity contribution is -0.118. The van der Waals surface area contributed by atoms with Crippen molar-refractivity contribution in [2.45, 2.75) is 11.4 Å². The SMILES string of the molecule is CSc1ccc(NC(=O)COc2ccc(-c3ccc(F)cc3)cc2CN2CCN(C)CC2)cc1. The molecule has 1 saturated heterocycles. The molecular weight excluding hydrogens is 449 g/mol. The largest absolute Gasteiger partial charge is 0.483 e. The molecular formula is C27H30FN3O2S. The van der Waals surface area contributed by atoms with E-state index in [-0.39, 0.29) is 18.3 Å². The van der Waals surface area contributed by atoms with E-state index in [9.17, 15) is 9.18 Å². The molecule has 5 nitrogen and oxygen atoms in total. The number of carbonyl (C=O) groups is 1. The fraction of sp³-hybridized carbons (Fsp3) is 0.296. The number of carbonyl (C=O) groups excluding carboxylic acids is 1. The Labute approximate surface area is 204 Å². The lowest BCUT2D eigenvalue weighted by atomic mass is 10.0. The molecule has 1 N–H and O–H groups in total. The van der Waals surface area contributed by atoms with Crippen molar-refractivity contribution in [3.63, 3.8) is 0 Å². The first-order chi connectivity index (χ1) is 16.5. The number of halogens is 1. The average Bonchev–Trinajstić information content (AvgIpc) is 2.85. The minimum Gasteiger partial charge on any atom is -0.483 e. The van der Waals surface area contributed by atoms with Crippen LogP contribution in [0.1, 0.15) is 5.56 Å². The Morgan fingerprint density at radius 3 is 2.32 bits per heavy atom. The number of likely N-dealkylation sites (N-methyl/N-ethyl adjacent to an activating group) is 1. The van der Waals surface area contributed by atoms with E-state index in [0.29, 0.717) is 5.75 Å². The van der Waals surface area contributed by atoms with Crippen molar-refractivity contribution in [3.8, 4) is 16.9 Å². The number of nitrogens with one attached hydrogen (secondary N) is 1. The van der Waals surface area contributed by atoms with Crippen LogP contribution in [0.15, 0.2) is 71.6 Å². The van der Waals surface area contributed by atoms with Crippen molar-refractivity contribution in [1.29, 1.82) is 0 Å². The average molecular weight is 480 g/mol. The molecule has 1 aliphatic rings.